The van der Waals surface area contributed by atoms with Gasteiger partial charge >= 0.3 is 0 Å². The van der Waals surface area contributed by atoms with E-state index in [4.69, 9.17) is 4.74 Å². The fourth-order valence-corrected chi connectivity index (χ4v) is 6.49. The van der Waals surface area contributed by atoms with E-state index in [0.29, 0.717) is 0 Å². The quantitative estimate of drug-likeness (QED) is 0.171. The summed E-state index contributed by atoms with van der Waals surface area (Å²) in [5.74, 6) is 1.76. The zero-order valence-corrected chi connectivity index (χ0v) is 35.7. The first-order chi connectivity index (χ1) is 26.5. The summed E-state index contributed by atoms with van der Waals surface area (Å²) < 4.78 is 5.69. The fourth-order valence-electron chi connectivity index (χ4n) is 6.49. The summed E-state index contributed by atoms with van der Waals surface area (Å²) in [5, 5.41) is 0. The molecule has 0 aromatic heterocycles. The van der Waals surface area contributed by atoms with Crippen LogP contribution in [0.1, 0.15) is 117 Å². The minimum Gasteiger partial charge on any atom is -0.457 e. The van der Waals surface area contributed by atoms with E-state index in [2.05, 4.69) is 166 Å². The Balaban J connectivity index is 0.000000210. The second kappa shape index (κ2) is 23.8. The lowest BCUT2D eigenvalue weighted by Crippen LogP contribution is -2.30. The van der Waals surface area contributed by atoms with Gasteiger partial charge in [-0.05, 0) is 101 Å². The second-order valence-corrected chi connectivity index (χ2v) is 15.2. The summed E-state index contributed by atoms with van der Waals surface area (Å²) in [5.41, 5.74) is 13.6. The number of rotatable bonds is 5. The van der Waals surface area contributed by atoms with Crippen molar-refractivity contribution in [3.8, 4) is 22.6 Å². The van der Waals surface area contributed by atoms with Crippen LogP contribution in [0.25, 0.3) is 11.1 Å². The summed E-state index contributed by atoms with van der Waals surface area (Å²) in [7, 11) is 0. The zero-order valence-electron chi connectivity index (χ0n) is 35.7. The van der Waals surface area contributed by atoms with Crippen LogP contribution in [-0.4, -0.2) is 0 Å². The van der Waals surface area contributed by atoms with E-state index in [1.165, 1.54) is 101 Å². The van der Waals surface area contributed by atoms with Crippen molar-refractivity contribution >= 4 is 0 Å². The standard InChI is InChI=1S/C20H24.C14H14O.C14H14.2C3H8/c1-16-6-10-18(11-7-16)20(14-4-3-5-15-20)19-12-8-17(2)9-13-19;1-11-3-7-13(8-4-11)15-14-9-5-12(2)6-10-14;1-11-3-7-13(8-4-11)14-9-5-12(2)6-10-14;2*1-3-2/h6-13H,3-5,14-15H2,1-2H3;3-10H,1-2H3;3-10H,1-2H3;2*3H2,1-2H3. The molecule has 0 aliphatic heterocycles. The Morgan fingerprint density at radius 1 is 0.345 bits per heavy atom. The van der Waals surface area contributed by atoms with Gasteiger partial charge < -0.3 is 4.74 Å². The number of hydrogen-bond acceptors (Lipinski definition) is 1. The molecule has 6 aromatic carbocycles. The molecular formula is C54H68O. The zero-order chi connectivity index (χ0) is 40.1. The van der Waals surface area contributed by atoms with Crippen LogP contribution in [0.3, 0.4) is 0 Å². The van der Waals surface area contributed by atoms with Crippen LogP contribution in [0.5, 0.6) is 11.5 Å². The molecule has 0 spiro atoms. The van der Waals surface area contributed by atoms with Crippen molar-refractivity contribution in [3.05, 3.63) is 190 Å². The van der Waals surface area contributed by atoms with Crippen molar-refractivity contribution in [1.82, 2.24) is 0 Å². The van der Waals surface area contributed by atoms with E-state index in [9.17, 15) is 0 Å². The molecule has 1 nitrogen and oxygen atoms in total. The Morgan fingerprint density at radius 2 is 0.582 bits per heavy atom. The monoisotopic (exact) mass is 733 g/mol. The third kappa shape index (κ3) is 15.1. The Bertz CT molecular complexity index is 1740. The number of benzene rings is 6. The van der Waals surface area contributed by atoms with Gasteiger partial charge in [0.05, 0.1) is 0 Å². The first-order valence-electron chi connectivity index (χ1n) is 20.6. The predicted molar refractivity (Wildman–Crippen MR) is 242 cm³/mol. The third-order valence-electron chi connectivity index (χ3n) is 9.63. The molecule has 6 aromatic rings. The van der Waals surface area contributed by atoms with E-state index in [-0.39, 0.29) is 5.41 Å². The lowest BCUT2D eigenvalue weighted by Gasteiger charge is -2.38. The summed E-state index contributed by atoms with van der Waals surface area (Å²) in [4.78, 5) is 0. The number of ether oxygens (including phenoxy) is 1. The Labute approximate surface area is 335 Å². The highest BCUT2D eigenvalue weighted by Crippen LogP contribution is 2.45. The Hall–Kier alpha value is -4.88. The van der Waals surface area contributed by atoms with Crippen LogP contribution in [0.15, 0.2) is 146 Å². The second-order valence-electron chi connectivity index (χ2n) is 15.2. The first kappa shape index (κ1) is 44.5. The highest BCUT2D eigenvalue weighted by molar-refractivity contribution is 5.63. The topological polar surface area (TPSA) is 9.23 Å². The average molecular weight is 733 g/mol. The molecule has 55 heavy (non-hydrogen) atoms. The van der Waals surface area contributed by atoms with E-state index in [0.717, 1.165) is 11.5 Å². The summed E-state index contributed by atoms with van der Waals surface area (Å²) >= 11 is 0. The van der Waals surface area contributed by atoms with Crippen LogP contribution in [0, 0.1) is 41.5 Å². The van der Waals surface area contributed by atoms with E-state index in [1.807, 2.05) is 48.5 Å². The van der Waals surface area contributed by atoms with Gasteiger partial charge in [-0.25, -0.2) is 0 Å². The van der Waals surface area contributed by atoms with Crippen LogP contribution < -0.4 is 4.74 Å². The van der Waals surface area contributed by atoms with Gasteiger partial charge in [-0.3, -0.25) is 0 Å². The molecule has 1 fully saturated rings. The van der Waals surface area contributed by atoms with Gasteiger partial charge in [0, 0.05) is 5.41 Å². The van der Waals surface area contributed by atoms with Crippen LogP contribution in [0.4, 0.5) is 0 Å². The lowest BCUT2D eigenvalue weighted by molar-refractivity contribution is 0.346. The molecule has 1 aliphatic rings. The Morgan fingerprint density at radius 3 is 0.855 bits per heavy atom. The molecule has 1 aliphatic carbocycles. The molecular weight excluding hydrogens is 665 g/mol. The third-order valence-corrected chi connectivity index (χ3v) is 9.63. The van der Waals surface area contributed by atoms with Crippen molar-refractivity contribution in [2.75, 3.05) is 0 Å². The predicted octanol–water partition coefficient (Wildman–Crippen LogP) is 16.5. The van der Waals surface area contributed by atoms with Crippen molar-refractivity contribution < 1.29 is 4.74 Å². The first-order valence-corrected chi connectivity index (χ1v) is 20.6. The molecule has 290 valence electrons. The minimum atomic E-state index is 0.250. The van der Waals surface area contributed by atoms with Gasteiger partial charge in [0.25, 0.3) is 0 Å². The van der Waals surface area contributed by atoms with Gasteiger partial charge in [0.2, 0.25) is 0 Å². The molecule has 1 heteroatoms. The summed E-state index contributed by atoms with van der Waals surface area (Å²) in [6.07, 6.45) is 9.17. The lowest BCUT2D eigenvalue weighted by atomic mass is 9.65. The number of aryl methyl sites for hydroxylation is 6. The molecule has 0 atom stereocenters. The normalized spacial score (nSPS) is 12.5. The highest BCUT2D eigenvalue weighted by atomic mass is 16.5. The van der Waals surface area contributed by atoms with Crippen LogP contribution in [-0.2, 0) is 5.41 Å². The average Bonchev–Trinajstić information content (AvgIpc) is 3.19. The molecule has 0 heterocycles. The van der Waals surface area contributed by atoms with E-state index >= 15 is 0 Å². The fraction of sp³-hybridized carbons (Fsp3) is 0.333. The largest absolute Gasteiger partial charge is 0.457 e. The van der Waals surface area contributed by atoms with Gasteiger partial charge in [-0.1, -0.05) is 215 Å². The Kier molecular flexibility index (Phi) is 19.3. The summed E-state index contributed by atoms with van der Waals surface area (Å²) in [6, 6.07) is 51.8. The maximum atomic E-state index is 5.69. The van der Waals surface area contributed by atoms with Crippen molar-refractivity contribution in [2.24, 2.45) is 0 Å². The van der Waals surface area contributed by atoms with Crippen LogP contribution >= 0.6 is 0 Å². The van der Waals surface area contributed by atoms with E-state index < -0.39 is 0 Å². The summed E-state index contributed by atoms with van der Waals surface area (Å²) in [6.45, 7) is 21.2. The van der Waals surface area contributed by atoms with Gasteiger partial charge in [0.15, 0.2) is 0 Å². The smallest absolute Gasteiger partial charge is 0.127 e. The van der Waals surface area contributed by atoms with Gasteiger partial charge in [0.1, 0.15) is 11.5 Å². The highest BCUT2D eigenvalue weighted by Gasteiger charge is 2.35. The SMILES string of the molecule is CCC.CCC.Cc1ccc(-c2ccc(C)cc2)cc1.Cc1ccc(C2(c3ccc(C)cc3)CCCCC2)cc1.Cc1ccc(Oc2ccc(C)cc2)cc1. The molecule has 7 rings (SSSR count). The van der Waals surface area contributed by atoms with Crippen molar-refractivity contribution in [3.63, 3.8) is 0 Å². The van der Waals surface area contributed by atoms with E-state index in [1.54, 1.807) is 0 Å². The maximum absolute atomic E-state index is 5.69. The molecule has 0 amide bonds. The maximum Gasteiger partial charge on any atom is 0.127 e. The van der Waals surface area contributed by atoms with Gasteiger partial charge in [-0.15, -0.1) is 0 Å². The van der Waals surface area contributed by atoms with Crippen LogP contribution in [0.2, 0.25) is 0 Å². The molecule has 0 N–H and O–H groups in total. The molecule has 0 unspecified atom stereocenters. The van der Waals surface area contributed by atoms with Crippen molar-refractivity contribution in [2.45, 2.75) is 120 Å². The van der Waals surface area contributed by atoms with Gasteiger partial charge in [-0.2, -0.15) is 0 Å². The minimum absolute atomic E-state index is 0.250. The molecule has 0 radical (unpaired) electrons. The number of hydrogen-bond donors (Lipinski definition) is 0. The molecule has 1 saturated carbocycles. The molecule has 0 saturated heterocycles. The van der Waals surface area contributed by atoms with Crippen molar-refractivity contribution in [1.29, 1.82) is 0 Å². The molecule has 0 bridgehead atoms.